The van der Waals surface area contributed by atoms with Crippen molar-refractivity contribution in [2.45, 2.75) is 204 Å². The first-order valence-corrected chi connectivity index (χ1v) is 24.2. The number of aromatic hydroxyl groups is 4. The number of hydrogen-bond acceptors (Lipinski definition) is 4. The molecule has 0 aliphatic heterocycles. The Kier molecular flexibility index (Phi) is 13.7. The maximum Gasteiger partial charge on any atom is 0.123 e. The summed E-state index contributed by atoms with van der Waals surface area (Å²) in [5.41, 5.74) is 13.1. The Morgan fingerprint density at radius 1 is 0.446 bits per heavy atom. The number of rotatable bonds is 8. The highest BCUT2D eigenvalue weighted by Crippen LogP contribution is 2.55. The van der Waals surface area contributed by atoms with Crippen LogP contribution in [0.3, 0.4) is 0 Å². The maximum absolute atomic E-state index is 11.9. The van der Waals surface area contributed by atoms with Gasteiger partial charge in [0.2, 0.25) is 0 Å². The van der Waals surface area contributed by atoms with Gasteiger partial charge in [-0.25, -0.2) is 0 Å². The van der Waals surface area contributed by atoms with Crippen LogP contribution in [-0.2, 0) is 58.2 Å². The summed E-state index contributed by atoms with van der Waals surface area (Å²) in [5.74, 6) is 1.46. The third kappa shape index (κ3) is 10.6. The van der Waals surface area contributed by atoms with Crippen LogP contribution in [0.5, 0.6) is 23.0 Å². The lowest BCUT2D eigenvalue weighted by Gasteiger charge is -2.48. The minimum Gasteiger partial charge on any atom is -0.508 e. The van der Waals surface area contributed by atoms with Gasteiger partial charge in [0.15, 0.2) is 0 Å². The van der Waals surface area contributed by atoms with E-state index in [1.807, 2.05) is 18.2 Å². The molecular formula is C61H86O4. The molecule has 2 atom stereocenters. The first-order valence-electron chi connectivity index (χ1n) is 24.2. The van der Waals surface area contributed by atoms with Crippen LogP contribution in [0.1, 0.15) is 201 Å². The van der Waals surface area contributed by atoms with Gasteiger partial charge in [-0.2, -0.15) is 0 Å². The first kappa shape index (κ1) is 51.5. The number of phenols is 4. The second kappa shape index (κ2) is 17.3. The van der Waals surface area contributed by atoms with E-state index in [-0.39, 0.29) is 38.4 Å². The molecule has 0 amide bonds. The van der Waals surface area contributed by atoms with Gasteiger partial charge in [0.05, 0.1) is 0 Å². The monoisotopic (exact) mass is 883 g/mol. The molecule has 0 saturated heterocycles. The predicted molar refractivity (Wildman–Crippen MR) is 276 cm³/mol. The summed E-state index contributed by atoms with van der Waals surface area (Å²) in [6.45, 7) is 46.3. The van der Waals surface area contributed by atoms with E-state index >= 15 is 0 Å². The lowest BCUT2D eigenvalue weighted by atomic mass is 9.56. The van der Waals surface area contributed by atoms with E-state index in [1.54, 1.807) is 0 Å². The van der Waals surface area contributed by atoms with Crippen LogP contribution in [0.4, 0.5) is 0 Å². The Morgan fingerprint density at radius 3 is 1.11 bits per heavy atom. The molecule has 65 heavy (non-hydrogen) atoms. The lowest BCUT2D eigenvalue weighted by molar-refractivity contribution is 0.239. The van der Waals surface area contributed by atoms with Gasteiger partial charge in [0, 0.05) is 5.41 Å². The average Bonchev–Trinajstić information content (AvgIpc) is 3.14. The summed E-state index contributed by atoms with van der Waals surface area (Å²) in [6.07, 6.45) is 2.67. The minimum absolute atomic E-state index is 0.0240. The summed E-state index contributed by atoms with van der Waals surface area (Å²) >= 11 is 0. The molecule has 0 aromatic heterocycles. The molecule has 0 bridgehead atoms. The van der Waals surface area contributed by atoms with Gasteiger partial charge in [-0.15, -0.1) is 0 Å². The average molecular weight is 883 g/mol. The van der Waals surface area contributed by atoms with Crippen molar-refractivity contribution < 1.29 is 20.4 Å². The fraction of sp³-hybridized carbons (Fsp3) is 0.541. The summed E-state index contributed by atoms with van der Waals surface area (Å²) < 4.78 is 0. The molecule has 4 aromatic rings. The molecular weight excluding hydrogens is 797 g/mol. The summed E-state index contributed by atoms with van der Waals surface area (Å²) in [4.78, 5) is 0. The van der Waals surface area contributed by atoms with E-state index in [2.05, 4.69) is 188 Å². The van der Waals surface area contributed by atoms with Gasteiger partial charge in [-0.1, -0.05) is 197 Å². The minimum atomic E-state index is -0.502. The van der Waals surface area contributed by atoms with Gasteiger partial charge < -0.3 is 20.4 Å². The fourth-order valence-corrected chi connectivity index (χ4v) is 10.6. The van der Waals surface area contributed by atoms with Crippen molar-refractivity contribution in [3.8, 4) is 23.0 Å². The zero-order chi connectivity index (χ0) is 49.4. The molecule has 5 rings (SSSR count). The topological polar surface area (TPSA) is 80.9 Å². The Balaban J connectivity index is 1.94. The van der Waals surface area contributed by atoms with E-state index in [1.165, 1.54) is 39.0 Å². The number of benzene rings is 4. The smallest absolute Gasteiger partial charge is 0.123 e. The summed E-state index contributed by atoms with van der Waals surface area (Å²) in [7, 11) is 0. The van der Waals surface area contributed by atoms with E-state index < -0.39 is 5.41 Å². The quantitative estimate of drug-likeness (QED) is 0.142. The Hall–Kier alpha value is -4.44. The van der Waals surface area contributed by atoms with E-state index in [0.717, 1.165) is 38.9 Å². The molecule has 4 nitrogen and oxygen atoms in total. The SMILES string of the molecule is CC1=C(Cc2cc(C(C)(C)C)c(O)c(C(C)(C)C)c2)C(C)C(Cc2cc(C(C)(C)C)c(O)c(C(C)(C)C)c2)(Cc2ccccc2O)C(C)=C1Cc1cc(C(C)(C)C)c(O)c(C(C)(C)C)c1. The van der Waals surface area contributed by atoms with Crippen LogP contribution in [0.15, 0.2) is 83.0 Å². The molecule has 0 heterocycles. The zero-order valence-corrected chi connectivity index (χ0v) is 44.5. The number of allylic oxidation sites excluding steroid dienone is 4. The summed E-state index contributed by atoms with van der Waals surface area (Å²) in [6, 6.07) is 21.3. The third-order valence-corrected chi connectivity index (χ3v) is 14.6. The number of phenolic OH excluding ortho intramolecular Hbond substituents is 4. The maximum atomic E-state index is 11.9. The molecule has 0 spiro atoms. The van der Waals surface area contributed by atoms with Crippen molar-refractivity contribution in [1.82, 2.24) is 0 Å². The highest BCUT2D eigenvalue weighted by molar-refractivity contribution is 5.58. The van der Waals surface area contributed by atoms with Crippen molar-refractivity contribution in [3.05, 3.63) is 139 Å². The molecule has 2 unspecified atom stereocenters. The van der Waals surface area contributed by atoms with Crippen LogP contribution >= 0.6 is 0 Å². The van der Waals surface area contributed by atoms with Gasteiger partial charge in [-0.05, 0) is 151 Å². The Bertz CT molecular complexity index is 2390. The number of hydrogen-bond donors (Lipinski definition) is 4. The second-order valence-corrected chi connectivity index (χ2v) is 26.1. The summed E-state index contributed by atoms with van der Waals surface area (Å²) in [5, 5.41) is 47.3. The largest absolute Gasteiger partial charge is 0.508 e. The van der Waals surface area contributed by atoms with Crippen molar-refractivity contribution in [3.63, 3.8) is 0 Å². The molecule has 0 fully saturated rings. The molecule has 0 saturated carbocycles. The van der Waals surface area contributed by atoms with Gasteiger partial charge in [-0.3, -0.25) is 0 Å². The highest BCUT2D eigenvalue weighted by Gasteiger charge is 2.46. The molecule has 4 heteroatoms. The van der Waals surface area contributed by atoms with E-state index in [9.17, 15) is 20.4 Å². The van der Waals surface area contributed by atoms with Crippen molar-refractivity contribution in [1.29, 1.82) is 0 Å². The molecule has 4 aromatic carbocycles. The third-order valence-electron chi connectivity index (χ3n) is 14.6. The second-order valence-electron chi connectivity index (χ2n) is 26.1. The van der Waals surface area contributed by atoms with Gasteiger partial charge in [0.1, 0.15) is 23.0 Å². The van der Waals surface area contributed by atoms with Gasteiger partial charge in [0.25, 0.3) is 0 Å². The normalized spacial score (nSPS) is 18.2. The van der Waals surface area contributed by atoms with Crippen LogP contribution in [0, 0.1) is 11.3 Å². The molecule has 0 radical (unpaired) electrons. The van der Waals surface area contributed by atoms with Crippen LogP contribution in [-0.4, -0.2) is 20.4 Å². The first-order chi connectivity index (χ1) is 29.4. The van der Waals surface area contributed by atoms with Crippen LogP contribution < -0.4 is 0 Å². The zero-order valence-electron chi connectivity index (χ0n) is 44.5. The van der Waals surface area contributed by atoms with Crippen LogP contribution in [0.2, 0.25) is 0 Å². The molecule has 354 valence electrons. The van der Waals surface area contributed by atoms with Crippen molar-refractivity contribution in [2.75, 3.05) is 0 Å². The van der Waals surface area contributed by atoms with Gasteiger partial charge >= 0.3 is 0 Å². The molecule has 1 aliphatic rings. The standard InChI is InChI=1S/C61H86O4/c1-36-43(26-39-28-45(55(4,5)6)52(63)46(29-39)56(7,8)9)37(2)61(35-42-24-22-23-25-51(42)62,34-41-32-49(59(16,17)18)54(65)50(33-41)60(19,20)21)38(3)44(36)27-40-30-47(57(10,11)12)53(64)48(31-40)58(13,14)15/h22-25,28-33,37,62-65H,26-27,34-35H2,1-21H3. The van der Waals surface area contributed by atoms with Crippen molar-refractivity contribution in [2.24, 2.45) is 11.3 Å². The number of para-hydroxylation sites is 1. The highest BCUT2D eigenvalue weighted by atomic mass is 16.3. The lowest BCUT2D eigenvalue weighted by Crippen LogP contribution is -2.41. The molecule has 1 aliphatic carbocycles. The van der Waals surface area contributed by atoms with Crippen molar-refractivity contribution >= 4 is 0 Å². The van der Waals surface area contributed by atoms with E-state index in [4.69, 9.17) is 0 Å². The Morgan fingerprint density at radius 2 is 0.769 bits per heavy atom. The molecule has 4 N–H and O–H groups in total. The van der Waals surface area contributed by atoms with Crippen LogP contribution in [0.25, 0.3) is 0 Å². The van der Waals surface area contributed by atoms with E-state index in [0.29, 0.717) is 48.7 Å². The fourth-order valence-electron chi connectivity index (χ4n) is 10.6. The Labute approximate surface area is 395 Å². The predicted octanol–water partition coefficient (Wildman–Crippen LogP) is 15.8.